The van der Waals surface area contributed by atoms with Crippen molar-refractivity contribution in [1.29, 1.82) is 0 Å². The Bertz CT molecular complexity index is 336. The van der Waals surface area contributed by atoms with Crippen molar-refractivity contribution in [3.05, 3.63) is 24.2 Å². The van der Waals surface area contributed by atoms with E-state index in [0.29, 0.717) is 12.1 Å². The third-order valence-electron chi connectivity index (χ3n) is 4.29. The van der Waals surface area contributed by atoms with Gasteiger partial charge >= 0.3 is 0 Å². The molecular formula is C15H26N2O. The van der Waals surface area contributed by atoms with Crippen molar-refractivity contribution < 1.29 is 4.42 Å². The van der Waals surface area contributed by atoms with Gasteiger partial charge in [-0.15, -0.1) is 0 Å². The van der Waals surface area contributed by atoms with Crippen LogP contribution < -0.4 is 5.32 Å². The van der Waals surface area contributed by atoms with Crippen molar-refractivity contribution in [1.82, 2.24) is 10.2 Å². The zero-order valence-electron chi connectivity index (χ0n) is 11.9. The maximum atomic E-state index is 5.41. The minimum absolute atomic E-state index is 0.625. The Hall–Kier alpha value is -0.800. The van der Waals surface area contributed by atoms with E-state index in [4.69, 9.17) is 4.42 Å². The fraction of sp³-hybridized carbons (Fsp3) is 0.733. The summed E-state index contributed by atoms with van der Waals surface area (Å²) >= 11 is 0. The highest BCUT2D eigenvalue weighted by Crippen LogP contribution is 2.16. The van der Waals surface area contributed by atoms with E-state index >= 15 is 0 Å². The van der Waals surface area contributed by atoms with Gasteiger partial charge < -0.3 is 9.73 Å². The first kappa shape index (κ1) is 13.6. The molecule has 3 heteroatoms. The predicted octanol–water partition coefficient (Wildman–Crippen LogP) is 2.53. The lowest BCUT2D eigenvalue weighted by atomic mass is 9.95. The zero-order valence-corrected chi connectivity index (χ0v) is 11.9. The highest BCUT2D eigenvalue weighted by molar-refractivity contribution is 4.99. The minimum atomic E-state index is 0.625. The van der Waals surface area contributed by atoms with Gasteiger partial charge in [0.1, 0.15) is 5.76 Å². The molecule has 1 fully saturated rings. The Morgan fingerprint density at radius 3 is 3.06 bits per heavy atom. The van der Waals surface area contributed by atoms with Crippen molar-refractivity contribution in [2.45, 2.75) is 45.7 Å². The molecule has 0 spiro atoms. The second kappa shape index (κ2) is 6.39. The molecule has 2 heterocycles. The number of furan rings is 1. The maximum Gasteiger partial charge on any atom is 0.105 e. The normalized spacial score (nSPS) is 27.3. The lowest BCUT2D eigenvalue weighted by molar-refractivity contribution is 0.118. The van der Waals surface area contributed by atoms with Gasteiger partial charge in [-0.25, -0.2) is 0 Å². The van der Waals surface area contributed by atoms with E-state index in [-0.39, 0.29) is 0 Å². The Labute approximate surface area is 111 Å². The first-order valence-electron chi connectivity index (χ1n) is 7.20. The summed E-state index contributed by atoms with van der Waals surface area (Å²) in [5.41, 5.74) is 0. The van der Waals surface area contributed by atoms with Gasteiger partial charge in [0.15, 0.2) is 0 Å². The molecule has 3 unspecified atom stereocenters. The van der Waals surface area contributed by atoms with E-state index in [0.717, 1.165) is 37.7 Å². The van der Waals surface area contributed by atoms with Crippen LogP contribution in [0.2, 0.25) is 0 Å². The second-order valence-corrected chi connectivity index (χ2v) is 5.57. The van der Waals surface area contributed by atoms with E-state index in [1.165, 1.54) is 6.42 Å². The van der Waals surface area contributed by atoms with Crippen LogP contribution in [0.4, 0.5) is 0 Å². The van der Waals surface area contributed by atoms with Crippen LogP contribution >= 0.6 is 0 Å². The van der Waals surface area contributed by atoms with Gasteiger partial charge in [-0.3, -0.25) is 4.90 Å². The van der Waals surface area contributed by atoms with Crippen molar-refractivity contribution >= 4 is 0 Å². The monoisotopic (exact) mass is 250 g/mol. The number of rotatable bonds is 5. The predicted molar refractivity (Wildman–Crippen MR) is 74.7 cm³/mol. The van der Waals surface area contributed by atoms with Crippen LogP contribution in [0.5, 0.6) is 0 Å². The molecule has 1 aromatic heterocycles. The van der Waals surface area contributed by atoms with Crippen LogP contribution in [-0.2, 0) is 6.42 Å². The first-order chi connectivity index (χ1) is 8.70. The Morgan fingerprint density at radius 1 is 1.56 bits per heavy atom. The number of nitrogens with zero attached hydrogens (tertiary/aromatic N) is 1. The topological polar surface area (TPSA) is 28.4 Å². The van der Waals surface area contributed by atoms with E-state index in [1.54, 1.807) is 6.26 Å². The third kappa shape index (κ3) is 3.36. The quantitative estimate of drug-likeness (QED) is 0.870. The molecule has 0 amide bonds. The number of hydrogen-bond donors (Lipinski definition) is 1. The van der Waals surface area contributed by atoms with Crippen molar-refractivity contribution in [2.24, 2.45) is 5.92 Å². The summed E-state index contributed by atoms with van der Waals surface area (Å²) in [5.74, 6) is 1.85. The number of hydrogen-bond acceptors (Lipinski definition) is 3. The molecule has 1 aliphatic heterocycles. The highest BCUT2D eigenvalue weighted by atomic mass is 16.3. The molecule has 0 saturated carbocycles. The van der Waals surface area contributed by atoms with Crippen molar-refractivity contribution in [3.8, 4) is 0 Å². The molecule has 0 aliphatic carbocycles. The van der Waals surface area contributed by atoms with Crippen molar-refractivity contribution in [3.63, 3.8) is 0 Å². The molecule has 1 saturated heterocycles. The molecule has 1 aliphatic rings. The Kier molecular flexibility index (Phi) is 4.84. The van der Waals surface area contributed by atoms with Gasteiger partial charge in [0.05, 0.1) is 6.26 Å². The molecule has 0 aromatic carbocycles. The van der Waals surface area contributed by atoms with Gasteiger partial charge in [0.2, 0.25) is 0 Å². The van der Waals surface area contributed by atoms with Crippen LogP contribution in [0, 0.1) is 5.92 Å². The average molecular weight is 250 g/mol. The lowest BCUT2D eigenvalue weighted by Crippen LogP contribution is -2.57. The Balaban J connectivity index is 1.85. The minimum Gasteiger partial charge on any atom is -0.469 e. The summed E-state index contributed by atoms with van der Waals surface area (Å²) in [7, 11) is 0. The fourth-order valence-electron chi connectivity index (χ4n) is 2.63. The van der Waals surface area contributed by atoms with Crippen LogP contribution in [-0.4, -0.2) is 36.6 Å². The molecule has 0 radical (unpaired) electrons. The summed E-state index contributed by atoms with van der Waals surface area (Å²) in [4.78, 5) is 2.59. The molecule has 18 heavy (non-hydrogen) atoms. The molecule has 3 atom stereocenters. The maximum absolute atomic E-state index is 5.41. The van der Waals surface area contributed by atoms with Crippen molar-refractivity contribution in [2.75, 3.05) is 19.6 Å². The molecule has 0 bridgehead atoms. The van der Waals surface area contributed by atoms with E-state index in [9.17, 15) is 0 Å². The van der Waals surface area contributed by atoms with E-state index < -0.39 is 0 Å². The standard InChI is InChI=1S/C15H26N2O/c1-4-12(2)15-11-17(13(3)10-16-15)8-7-14-6-5-9-18-14/h5-6,9,12-13,15-16H,4,7-8,10-11H2,1-3H3. The van der Waals surface area contributed by atoms with Gasteiger partial charge in [-0.05, 0) is 25.0 Å². The lowest BCUT2D eigenvalue weighted by Gasteiger charge is -2.41. The van der Waals surface area contributed by atoms with Gasteiger partial charge in [-0.1, -0.05) is 20.3 Å². The third-order valence-corrected chi connectivity index (χ3v) is 4.29. The van der Waals surface area contributed by atoms with E-state index in [2.05, 4.69) is 37.1 Å². The van der Waals surface area contributed by atoms with Crippen LogP contribution in [0.1, 0.15) is 33.0 Å². The highest BCUT2D eigenvalue weighted by Gasteiger charge is 2.27. The molecule has 1 aromatic rings. The van der Waals surface area contributed by atoms with Gasteiger partial charge in [-0.2, -0.15) is 0 Å². The summed E-state index contributed by atoms with van der Waals surface area (Å²) in [6, 6.07) is 5.31. The molecule has 3 nitrogen and oxygen atoms in total. The van der Waals surface area contributed by atoms with Crippen LogP contribution in [0.15, 0.2) is 22.8 Å². The first-order valence-corrected chi connectivity index (χ1v) is 7.20. The molecule has 2 rings (SSSR count). The molecule has 102 valence electrons. The molecule has 1 N–H and O–H groups in total. The SMILES string of the molecule is CCC(C)C1CN(CCc2ccco2)C(C)CN1. The van der Waals surface area contributed by atoms with Crippen LogP contribution in [0.3, 0.4) is 0 Å². The van der Waals surface area contributed by atoms with E-state index in [1.807, 2.05) is 6.07 Å². The molecular weight excluding hydrogens is 224 g/mol. The van der Waals surface area contributed by atoms with Gasteiger partial charge in [0, 0.05) is 38.1 Å². The average Bonchev–Trinajstić information content (AvgIpc) is 2.90. The summed E-state index contributed by atoms with van der Waals surface area (Å²) in [6.45, 7) is 10.3. The number of piperazine rings is 1. The van der Waals surface area contributed by atoms with Gasteiger partial charge in [0.25, 0.3) is 0 Å². The zero-order chi connectivity index (χ0) is 13.0. The summed E-state index contributed by atoms with van der Waals surface area (Å²) in [5, 5.41) is 3.68. The second-order valence-electron chi connectivity index (χ2n) is 5.57. The number of nitrogens with one attached hydrogen (secondary N) is 1. The Morgan fingerprint density at radius 2 is 2.39 bits per heavy atom. The largest absolute Gasteiger partial charge is 0.469 e. The summed E-state index contributed by atoms with van der Waals surface area (Å²) in [6.07, 6.45) is 4.03. The fourth-order valence-corrected chi connectivity index (χ4v) is 2.63. The smallest absolute Gasteiger partial charge is 0.105 e. The van der Waals surface area contributed by atoms with Crippen LogP contribution in [0.25, 0.3) is 0 Å². The summed E-state index contributed by atoms with van der Waals surface area (Å²) < 4.78 is 5.41.